The van der Waals surface area contributed by atoms with Crippen LogP contribution in [0.15, 0.2) is 23.2 Å². The number of aromatic nitrogens is 1. The van der Waals surface area contributed by atoms with Crippen molar-refractivity contribution in [2.75, 3.05) is 32.0 Å². The molecule has 9 amide bonds. The zero-order valence-electron chi connectivity index (χ0n) is 40.4. The first kappa shape index (κ1) is 55.6. The van der Waals surface area contributed by atoms with Crippen LogP contribution in [-0.4, -0.2) is 167 Å². The molecule has 27 heteroatoms. The van der Waals surface area contributed by atoms with E-state index in [1.54, 1.807) is 26.0 Å². The maximum atomic E-state index is 15.0. The number of ether oxygens (including phenoxy) is 3. The highest BCUT2D eigenvalue weighted by molar-refractivity contribution is 7.99. The van der Waals surface area contributed by atoms with Gasteiger partial charge in [0.2, 0.25) is 53.2 Å². The van der Waals surface area contributed by atoms with E-state index in [0.29, 0.717) is 11.9 Å². The Hall–Kier alpha value is -7.29. The van der Waals surface area contributed by atoms with E-state index in [9.17, 15) is 62.6 Å². The van der Waals surface area contributed by atoms with Crippen LogP contribution in [0.4, 0.5) is 0 Å². The minimum Gasteiger partial charge on any atom is -0.462 e. The molecule has 3 aliphatic rings. The number of amides is 9. The molecule has 5 rings (SSSR count). The van der Waals surface area contributed by atoms with Crippen LogP contribution in [0.25, 0.3) is 10.9 Å². The van der Waals surface area contributed by atoms with Crippen molar-refractivity contribution < 1.29 is 76.9 Å². The Morgan fingerprint density at radius 3 is 2.12 bits per heavy atom. The van der Waals surface area contributed by atoms with Gasteiger partial charge in [-0.2, -0.15) is 0 Å². The van der Waals surface area contributed by atoms with Gasteiger partial charge in [-0.25, -0.2) is 0 Å². The number of thioether (sulfide) groups is 1. The summed E-state index contributed by atoms with van der Waals surface area (Å²) < 4.78 is 16.2. The lowest BCUT2D eigenvalue weighted by molar-refractivity contribution is -0.161. The number of carbonyl (C=O) groups is 12. The van der Waals surface area contributed by atoms with Crippen molar-refractivity contribution in [2.24, 2.45) is 17.6 Å². The second-order valence-electron chi connectivity index (χ2n) is 17.7. The van der Waals surface area contributed by atoms with Crippen LogP contribution < -0.4 is 47.7 Å². The molecule has 0 aliphatic carbocycles. The average molecular weight is 1030 g/mol. The molecule has 2 bridgehead atoms. The molecular formula is C45H60N10O16S. The van der Waals surface area contributed by atoms with Crippen molar-refractivity contribution in [3.8, 4) is 5.75 Å². The van der Waals surface area contributed by atoms with Crippen molar-refractivity contribution in [3.05, 3.63) is 23.8 Å². The molecule has 2 aromatic rings. The maximum absolute atomic E-state index is 15.0. The molecule has 1 fully saturated rings. The summed E-state index contributed by atoms with van der Waals surface area (Å²) in [5, 5.41) is 28.9. The monoisotopic (exact) mass is 1030 g/mol. The normalized spacial score (nSPS) is 25.3. The number of nitrogens with zero attached hydrogens (tertiary/aromatic N) is 1. The number of hydrogen-bond donors (Lipinski definition) is 10. The van der Waals surface area contributed by atoms with Crippen LogP contribution in [0, 0.1) is 11.8 Å². The number of hydrogen-bond acceptors (Lipinski definition) is 17. The Morgan fingerprint density at radius 1 is 0.806 bits per heavy atom. The number of primary amides is 1. The first-order valence-electron chi connectivity index (χ1n) is 23.0. The van der Waals surface area contributed by atoms with Crippen molar-refractivity contribution in [2.45, 2.75) is 121 Å². The van der Waals surface area contributed by atoms with Gasteiger partial charge in [-0.05, 0) is 23.6 Å². The molecule has 392 valence electrons. The van der Waals surface area contributed by atoms with Gasteiger partial charge in [0.1, 0.15) is 54.7 Å². The Morgan fingerprint density at radius 2 is 1.49 bits per heavy atom. The van der Waals surface area contributed by atoms with Gasteiger partial charge in [0.15, 0.2) is 0 Å². The Bertz CT molecular complexity index is 2480. The second kappa shape index (κ2) is 24.7. The van der Waals surface area contributed by atoms with Crippen molar-refractivity contribution in [3.63, 3.8) is 0 Å². The molecule has 3 unspecified atom stereocenters. The van der Waals surface area contributed by atoms with E-state index in [1.807, 2.05) is 0 Å². The van der Waals surface area contributed by atoms with Crippen molar-refractivity contribution in [1.82, 2.24) is 47.1 Å². The third-order valence-corrected chi connectivity index (χ3v) is 13.3. The number of fused-ring (bicyclic) bond motifs is 5. The van der Waals surface area contributed by atoms with E-state index >= 15 is 0 Å². The van der Waals surface area contributed by atoms with E-state index in [4.69, 9.17) is 19.9 Å². The second-order valence-corrected chi connectivity index (χ2v) is 18.7. The quantitative estimate of drug-likeness (QED) is 0.0813. The standard InChI is InChI=1S/C45H60N10O16S/c1-7-19(2)37-42(66)48-14-34(61)49-29-18-72-44-25(36-26(52-44)9-8-10-31(36)70-22(5)57)12-27(39(63)47-15-35(62)53-37)50-43(67)38(20(3)32(71-23(6)58)17-69-21(4)56)54-41(65)30-11-24(59)16-55(30)45(68)28(13-33(46)60)51-40(29)64/h8-10,19-20,24,27-30,32,37-38,52,59H,7,11-18H2,1-6H3,(H2,46,60)(H,47,63)(H,48,66)(H,49,61)(H,50,67)(H,51,64)(H,53,62)(H,54,65)/t19-,20-,24+,27?,28?,29?,30-,32-,37-,38-/m0/s1. The minimum atomic E-state index is -1.83. The lowest BCUT2D eigenvalue weighted by atomic mass is 9.93. The number of aliphatic hydroxyl groups is 1. The Kier molecular flexibility index (Phi) is 19.1. The molecule has 0 spiro atoms. The fourth-order valence-corrected chi connectivity index (χ4v) is 9.47. The van der Waals surface area contributed by atoms with Gasteiger partial charge in [0.05, 0.1) is 36.2 Å². The molecule has 4 heterocycles. The van der Waals surface area contributed by atoms with E-state index < -0.39 is 177 Å². The third-order valence-electron chi connectivity index (χ3n) is 12.2. The van der Waals surface area contributed by atoms with Crippen LogP contribution in [-0.2, 0) is 73.4 Å². The van der Waals surface area contributed by atoms with Crippen LogP contribution in [0.2, 0.25) is 0 Å². The van der Waals surface area contributed by atoms with Gasteiger partial charge in [-0.15, -0.1) is 11.8 Å². The van der Waals surface area contributed by atoms with E-state index in [0.717, 1.165) is 37.4 Å². The molecule has 26 nitrogen and oxygen atoms in total. The molecule has 1 aromatic carbocycles. The minimum absolute atomic E-state index is 0.00811. The summed E-state index contributed by atoms with van der Waals surface area (Å²) in [6.45, 7) is 5.40. The molecule has 72 heavy (non-hydrogen) atoms. The van der Waals surface area contributed by atoms with Gasteiger partial charge >= 0.3 is 17.9 Å². The van der Waals surface area contributed by atoms with Gasteiger partial charge < -0.3 is 72.2 Å². The van der Waals surface area contributed by atoms with Crippen molar-refractivity contribution in [1.29, 1.82) is 0 Å². The highest BCUT2D eigenvalue weighted by Crippen LogP contribution is 2.37. The summed E-state index contributed by atoms with van der Waals surface area (Å²) >= 11 is 0.893. The largest absolute Gasteiger partial charge is 0.462 e. The summed E-state index contributed by atoms with van der Waals surface area (Å²) in [6, 6.07) is -5.21. The predicted octanol–water partition coefficient (Wildman–Crippen LogP) is -3.57. The Labute approximate surface area is 416 Å². The molecule has 1 saturated heterocycles. The smallest absolute Gasteiger partial charge is 0.308 e. The number of nitrogens with two attached hydrogens (primary N) is 1. The van der Waals surface area contributed by atoms with Crippen LogP contribution in [0.3, 0.4) is 0 Å². The highest BCUT2D eigenvalue weighted by atomic mass is 32.2. The molecule has 3 aliphatic heterocycles. The van der Waals surface area contributed by atoms with Crippen molar-refractivity contribution >= 4 is 93.7 Å². The third kappa shape index (κ3) is 14.4. The summed E-state index contributed by atoms with van der Waals surface area (Å²) in [6.07, 6.45) is -4.21. The molecular weight excluding hydrogens is 969 g/mol. The fourth-order valence-electron chi connectivity index (χ4n) is 8.37. The topological polar surface area (TPSA) is 382 Å². The number of aromatic amines is 1. The summed E-state index contributed by atoms with van der Waals surface area (Å²) in [5.74, 6) is -13.6. The summed E-state index contributed by atoms with van der Waals surface area (Å²) in [7, 11) is 0. The number of aliphatic hydroxyl groups excluding tert-OH is 1. The zero-order chi connectivity index (χ0) is 53.1. The highest BCUT2D eigenvalue weighted by Gasteiger charge is 2.45. The predicted molar refractivity (Wildman–Crippen MR) is 250 cm³/mol. The summed E-state index contributed by atoms with van der Waals surface area (Å²) in [4.78, 5) is 167. The fraction of sp³-hybridized carbons (Fsp3) is 0.556. The number of carbonyl (C=O) groups excluding carboxylic acids is 12. The molecule has 10 atom stereocenters. The van der Waals surface area contributed by atoms with Crippen LogP contribution in [0.1, 0.15) is 66.4 Å². The maximum Gasteiger partial charge on any atom is 0.308 e. The van der Waals surface area contributed by atoms with Gasteiger partial charge in [0, 0.05) is 57.2 Å². The zero-order valence-corrected chi connectivity index (χ0v) is 41.2. The van der Waals surface area contributed by atoms with E-state index in [1.165, 1.54) is 13.0 Å². The van der Waals surface area contributed by atoms with E-state index in [-0.39, 0.29) is 27.5 Å². The molecule has 0 saturated carbocycles. The lowest BCUT2D eigenvalue weighted by Gasteiger charge is -2.33. The van der Waals surface area contributed by atoms with Crippen LogP contribution in [0.5, 0.6) is 5.75 Å². The lowest BCUT2D eigenvalue weighted by Crippen LogP contribution is -2.62. The van der Waals surface area contributed by atoms with Gasteiger partial charge in [-0.1, -0.05) is 33.3 Å². The molecule has 1 aromatic heterocycles. The molecule has 0 radical (unpaired) electrons. The first-order chi connectivity index (χ1) is 34.0. The number of nitrogens with one attached hydrogen (secondary N) is 8. The Balaban J connectivity index is 1.78. The number of H-pyrrole nitrogens is 1. The first-order valence-corrected chi connectivity index (χ1v) is 24.0. The SMILES string of the molecule is CC[C@H](C)[C@@H]1NC(=O)CNC(=O)C2Cc3c([nH]c4cccc(OC(C)=O)c34)SCC(NC(=O)CNC1=O)C(=O)NC(CC(N)=O)C(=O)N1C[C@H](O)C[C@H]1C(=O)N[C@@H]([C@@H](C)[C@H](COC(C)=O)OC(C)=O)C(=O)N2. The number of benzene rings is 1. The van der Waals surface area contributed by atoms with Gasteiger partial charge in [-0.3, -0.25) is 57.5 Å². The van der Waals surface area contributed by atoms with Gasteiger partial charge in [0.25, 0.3) is 0 Å². The van der Waals surface area contributed by atoms with Crippen LogP contribution >= 0.6 is 11.8 Å². The number of esters is 3. The molecule has 11 N–H and O–H groups in total. The average Bonchev–Trinajstić information content (AvgIpc) is 3.88. The summed E-state index contributed by atoms with van der Waals surface area (Å²) in [5.41, 5.74) is 6.07. The number of rotatable bonds is 10. The van der Waals surface area contributed by atoms with E-state index in [2.05, 4.69) is 42.2 Å².